The summed E-state index contributed by atoms with van der Waals surface area (Å²) in [6, 6.07) is 10.3. The summed E-state index contributed by atoms with van der Waals surface area (Å²) >= 11 is 6.88. The molecule has 2 aliphatic heterocycles. The van der Waals surface area contributed by atoms with Crippen LogP contribution >= 0.6 is 23.4 Å². The van der Waals surface area contributed by atoms with Gasteiger partial charge in [0.05, 0.1) is 23.1 Å². The number of carbonyl (C=O) groups is 1. The molecule has 0 saturated carbocycles. The van der Waals surface area contributed by atoms with Crippen LogP contribution in [0.3, 0.4) is 0 Å². The maximum absolute atomic E-state index is 13.2. The molecule has 2 atom stereocenters. The lowest BCUT2D eigenvalue weighted by atomic mass is 10.1. The molecule has 0 aromatic heterocycles. The topological polar surface area (TPSA) is 76.0 Å². The number of amides is 1. The summed E-state index contributed by atoms with van der Waals surface area (Å²) in [5.74, 6) is -0.608. The van der Waals surface area contributed by atoms with Crippen molar-refractivity contribution < 1.29 is 31.1 Å². The van der Waals surface area contributed by atoms with Gasteiger partial charge in [0, 0.05) is 16.0 Å². The largest absolute Gasteiger partial charge is 0.484 e. The number of rotatable bonds is 4. The van der Waals surface area contributed by atoms with E-state index in [0.29, 0.717) is 10.8 Å². The average molecular weight is 505 g/mol. The fraction of sp³-hybridized carbons (Fsp3) is 0.300. The zero-order valence-corrected chi connectivity index (χ0v) is 18.6. The molecule has 2 aromatic carbocycles. The molecule has 1 amide bonds. The van der Waals surface area contributed by atoms with Gasteiger partial charge in [-0.05, 0) is 42.5 Å². The van der Waals surface area contributed by atoms with Crippen molar-refractivity contribution in [1.82, 2.24) is 0 Å². The molecule has 0 radical (unpaired) electrons. The molecule has 2 aromatic rings. The van der Waals surface area contributed by atoms with Crippen molar-refractivity contribution in [1.29, 1.82) is 0 Å². The smallest absolute Gasteiger partial charge is 0.416 e. The van der Waals surface area contributed by atoms with Crippen LogP contribution in [-0.2, 0) is 20.8 Å². The molecule has 2 heterocycles. The predicted octanol–water partition coefficient (Wildman–Crippen LogP) is 4.04. The van der Waals surface area contributed by atoms with Crippen molar-refractivity contribution in [3.05, 3.63) is 59.1 Å². The summed E-state index contributed by atoms with van der Waals surface area (Å²) in [5, 5.41) is 0.224. The maximum atomic E-state index is 13.2. The fourth-order valence-corrected chi connectivity index (χ4v) is 7.57. The number of hydrogen-bond acceptors (Lipinski definition) is 5. The molecule has 2 saturated heterocycles. The molecule has 2 aliphatic rings. The number of carbonyl (C=O) groups excluding carboxylic acids is 1. The first-order valence-corrected chi connectivity index (χ1v) is 12.4. The van der Waals surface area contributed by atoms with Crippen molar-refractivity contribution in [2.24, 2.45) is 4.99 Å². The number of aliphatic imine (C=N–C) groups is 1. The molecule has 4 rings (SSSR count). The van der Waals surface area contributed by atoms with E-state index >= 15 is 0 Å². The Morgan fingerprint density at radius 3 is 2.59 bits per heavy atom. The summed E-state index contributed by atoms with van der Waals surface area (Å²) in [6.07, 6.45) is -4.57. The highest BCUT2D eigenvalue weighted by Crippen LogP contribution is 2.42. The Kier molecular flexibility index (Phi) is 6.17. The quantitative estimate of drug-likeness (QED) is 0.625. The van der Waals surface area contributed by atoms with Crippen molar-refractivity contribution in [3.8, 4) is 5.75 Å². The molecular weight excluding hydrogens is 489 g/mol. The first-order chi connectivity index (χ1) is 15.0. The van der Waals surface area contributed by atoms with E-state index in [1.54, 1.807) is 24.3 Å². The predicted molar refractivity (Wildman–Crippen MR) is 117 cm³/mol. The fourth-order valence-electron chi connectivity index (χ4n) is 3.51. The molecule has 0 spiro atoms. The third-order valence-electron chi connectivity index (χ3n) is 4.91. The lowest BCUT2D eigenvalue weighted by Gasteiger charge is -2.25. The Hall–Kier alpha value is -2.24. The van der Waals surface area contributed by atoms with Crippen LogP contribution in [0.25, 0.3) is 0 Å². The minimum absolute atomic E-state index is 0.127. The molecule has 6 nitrogen and oxygen atoms in total. The normalized spacial score (nSPS) is 23.4. The first kappa shape index (κ1) is 22.9. The van der Waals surface area contributed by atoms with Gasteiger partial charge in [0.15, 0.2) is 21.6 Å². The zero-order chi connectivity index (χ0) is 23.1. The third kappa shape index (κ3) is 5.05. The van der Waals surface area contributed by atoms with E-state index < -0.39 is 45.4 Å². The van der Waals surface area contributed by atoms with Gasteiger partial charge in [-0.3, -0.25) is 4.79 Å². The third-order valence-corrected chi connectivity index (χ3v) is 8.38. The summed E-state index contributed by atoms with van der Waals surface area (Å²) < 4.78 is 69.2. The second-order valence-corrected chi connectivity index (χ2v) is 11.0. The Morgan fingerprint density at radius 2 is 1.91 bits per heavy atom. The second kappa shape index (κ2) is 8.60. The number of nitrogens with zero attached hydrogens (tertiary/aromatic N) is 2. The van der Waals surface area contributed by atoms with Gasteiger partial charge in [0.25, 0.3) is 5.91 Å². The molecule has 12 heteroatoms. The number of hydrogen-bond donors (Lipinski definition) is 0. The van der Waals surface area contributed by atoms with Crippen LogP contribution < -0.4 is 9.64 Å². The first-order valence-electron chi connectivity index (χ1n) is 9.35. The number of sulfone groups is 1. The van der Waals surface area contributed by atoms with Crippen molar-refractivity contribution in [2.45, 2.75) is 17.5 Å². The molecule has 32 heavy (non-hydrogen) atoms. The summed E-state index contributed by atoms with van der Waals surface area (Å²) in [5.41, 5.74) is -0.747. The highest BCUT2D eigenvalue weighted by Gasteiger charge is 2.49. The van der Waals surface area contributed by atoms with E-state index in [2.05, 4.69) is 4.99 Å². The minimum atomic E-state index is -4.57. The Balaban J connectivity index is 1.60. The van der Waals surface area contributed by atoms with Crippen LogP contribution in [-0.4, -0.2) is 48.9 Å². The Bertz CT molecular complexity index is 1170. The maximum Gasteiger partial charge on any atom is 0.416 e. The zero-order valence-electron chi connectivity index (χ0n) is 16.3. The van der Waals surface area contributed by atoms with Crippen molar-refractivity contribution >= 4 is 50.0 Å². The standard InChI is InChI=1S/C20H16ClF3N2O4S2/c21-13-4-6-15(7-5-13)30-9-18(27)25-19-26(16-10-32(28,29)11-17(16)31-19)14-3-1-2-12(8-14)20(22,23)24/h1-8,16-17H,9-11H2/t16-,17+/m1/s1. The highest BCUT2D eigenvalue weighted by molar-refractivity contribution is 8.16. The van der Waals surface area contributed by atoms with Crippen LogP contribution in [0.15, 0.2) is 53.5 Å². The molecule has 0 N–H and O–H groups in total. The molecule has 2 fully saturated rings. The van der Waals surface area contributed by atoms with E-state index in [-0.39, 0.29) is 22.4 Å². The highest BCUT2D eigenvalue weighted by atomic mass is 35.5. The van der Waals surface area contributed by atoms with E-state index in [1.807, 2.05) is 0 Å². The van der Waals surface area contributed by atoms with Crippen LogP contribution in [0.2, 0.25) is 5.02 Å². The number of benzene rings is 2. The van der Waals surface area contributed by atoms with E-state index in [1.165, 1.54) is 17.0 Å². The number of fused-ring (bicyclic) bond motifs is 1. The Morgan fingerprint density at radius 1 is 1.19 bits per heavy atom. The summed E-state index contributed by atoms with van der Waals surface area (Å²) in [4.78, 5) is 17.9. The number of thioether (sulfide) groups is 1. The van der Waals surface area contributed by atoms with Gasteiger partial charge in [-0.15, -0.1) is 0 Å². The SMILES string of the molecule is O=C(COc1ccc(Cl)cc1)N=C1S[C@H]2CS(=O)(=O)C[C@H]2N1c1cccc(C(F)(F)F)c1. The molecule has 0 aliphatic carbocycles. The number of alkyl halides is 3. The molecular formula is C20H16ClF3N2O4S2. The van der Waals surface area contributed by atoms with Gasteiger partial charge in [-0.25, -0.2) is 8.42 Å². The summed E-state index contributed by atoms with van der Waals surface area (Å²) in [7, 11) is -3.35. The van der Waals surface area contributed by atoms with Gasteiger partial charge >= 0.3 is 6.18 Å². The number of ether oxygens (including phenoxy) is 1. The minimum Gasteiger partial charge on any atom is -0.484 e. The number of halogens is 4. The number of amidine groups is 1. The van der Waals surface area contributed by atoms with Crippen LogP contribution in [0, 0.1) is 0 Å². The van der Waals surface area contributed by atoms with Gasteiger partial charge < -0.3 is 9.64 Å². The monoisotopic (exact) mass is 504 g/mol. The van der Waals surface area contributed by atoms with Crippen molar-refractivity contribution in [3.63, 3.8) is 0 Å². The molecule has 0 bridgehead atoms. The average Bonchev–Trinajstić information content (AvgIpc) is 3.17. The van der Waals surface area contributed by atoms with Crippen molar-refractivity contribution in [2.75, 3.05) is 23.0 Å². The second-order valence-electron chi connectivity index (χ2n) is 7.25. The van der Waals surface area contributed by atoms with Crippen LogP contribution in [0.4, 0.5) is 18.9 Å². The van der Waals surface area contributed by atoms with E-state index in [4.69, 9.17) is 16.3 Å². The van der Waals surface area contributed by atoms with Crippen LogP contribution in [0.5, 0.6) is 5.75 Å². The molecule has 0 unspecified atom stereocenters. The summed E-state index contributed by atoms with van der Waals surface area (Å²) in [6.45, 7) is -0.393. The van der Waals surface area contributed by atoms with Gasteiger partial charge in [0.1, 0.15) is 5.75 Å². The van der Waals surface area contributed by atoms with E-state index in [9.17, 15) is 26.4 Å². The lowest BCUT2D eigenvalue weighted by Crippen LogP contribution is -2.38. The number of anilines is 1. The van der Waals surface area contributed by atoms with E-state index in [0.717, 1.165) is 23.9 Å². The van der Waals surface area contributed by atoms with Gasteiger partial charge in [-0.1, -0.05) is 29.4 Å². The lowest BCUT2D eigenvalue weighted by molar-refractivity contribution is -0.137. The van der Waals surface area contributed by atoms with Gasteiger partial charge in [-0.2, -0.15) is 18.2 Å². The van der Waals surface area contributed by atoms with Gasteiger partial charge in [0.2, 0.25) is 0 Å². The van der Waals surface area contributed by atoms with Crippen LogP contribution in [0.1, 0.15) is 5.56 Å². The molecule has 170 valence electrons. The Labute approximate surface area is 191 Å².